The van der Waals surface area contributed by atoms with Crippen LogP contribution >= 0.6 is 11.6 Å². The number of rotatable bonds is 3. The molecule has 26 heavy (non-hydrogen) atoms. The number of benzene rings is 1. The van der Waals surface area contributed by atoms with Gasteiger partial charge in [0.2, 0.25) is 5.91 Å². The van der Waals surface area contributed by atoms with Gasteiger partial charge in [0.05, 0.1) is 16.6 Å². The van der Waals surface area contributed by atoms with Crippen molar-refractivity contribution in [3.05, 3.63) is 41.1 Å². The number of carbonyl (C=O) groups excluding carboxylic acids is 1. The number of anilines is 2. The molecule has 3 heterocycles. The molecule has 2 aromatic heterocycles. The minimum absolute atomic E-state index is 0.00444. The molecule has 3 aromatic rings. The Morgan fingerprint density at radius 3 is 2.92 bits per heavy atom. The third-order valence-corrected chi connectivity index (χ3v) is 4.72. The van der Waals surface area contributed by atoms with Crippen LogP contribution in [0.25, 0.3) is 11.0 Å². The van der Waals surface area contributed by atoms with Crippen molar-refractivity contribution in [3.63, 3.8) is 0 Å². The first kappa shape index (κ1) is 16.7. The van der Waals surface area contributed by atoms with E-state index in [9.17, 15) is 9.18 Å². The van der Waals surface area contributed by atoms with Crippen molar-refractivity contribution in [1.29, 1.82) is 0 Å². The van der Waals surface area contributed by atoms with Gasteiger partial charge in [-0.15, -0.1) is 0 Å². The van der Waals surface area contributed by atoms with Gasteiger partial charge in [-0.3, -0.25) is 9.48 Å². The summed E-state index contributed by atoms with van der Waals surface area (Å²) < 4.78 is 15.0. The molecule has 1 saturated heterocycles. The molecule has 0 radical (unpaired) electrons. The van der Waals surface area contributed by atoms with Gasteiger partial charge in [-0.25, -0.2) is 14.4 Å². The fourth-order valence-corrected chi connectivity index (χ4v) is 3.30. The zero-order valence-corrected chi connectivity index (χ0v) is 15.0. The second-order valence-electron chi connectivity index (χ2n) is 6.20. The lowest BCUT2D eigenvalue weighted by Crippen LogP contribution is -2.33. The number of aromatic nitrogens is 4. The lowest BCUT2D eigenvalue weighted by molar-refractivity contribution is -0.117. The van der Waals surface area contributed by atoms with Crippen LogP contribution in [-0.4, -0.2) is 38.2 Å². The number of aryl methyl sites for hydroxylation is 2. The van der Waals surface area contributed by atoms with Crippen LogP contribution in [0.4, 0.5) is 15.9 Å². The number of nitrogens with zero attached hydrogens (tertiary/aromatic N) is 5. The van der Waals surface area contributed by atoms with Gasteiger partial charge in [-0.05, 0) is 31.5 Å². The molecule has 0 bridgehead atoms. The Morgan fingerprint density at radius 1 is 1.35 bits per heavy atom. The van der Waals surface area contributed by atoms with Crippen LogP contribution in [-0.2, 0) is 11.8 Å². The van der Waals surface area contributed by atoms with Crippen molar-refractivity contribution in [2.45, 2.75) is 19.4 Å². The van der Waals surface area contributed by atoms with Crippen LogP contribution in [0.3, 0.4) is 0 Å². The molecule has 1 N–H and O–H groups in total. The molecule has 1 aliphatic heterocycles. The van der Waals surface area contributed by atoms with E-state index in [0.29, 0.717) is 35.9 Å². The summed E-state index contributed by atoms with van der Waals surface area (Å²) in [6, 6.07) is 3.84. The monoisotopic (exact) mass is 374 g/mol. The van der Waals surface area contributed by atoms with Crippen LogP contribution < -0.4 is 10.2 Å². The largest absolute Gasteiger partial charge is 0.358 e. The molecule has 0 aliphatic carbocycles. The topological polar surface area (TPSA) is 75.9 Å². The maximum absolute atomic E-state index is 13.4. The SMILES string of the molecule is Cc1nc(NC2CCN(c3ccc(F)c(Cl)c3)C2=O)c2cnn(C)c2n1. The Bertz CT molecular complexity index is 1020. The molecule has 1 aliphatic rings. The van der Waals surface area contributed by atoms with E-state index in [4.69, 9.17) is 11.6 Å². The first-order valence-corrected chi connectivity index (χ1v) is 8.51. The van der Waals surface area contributed by atoms with E-state index in [2.05, 4.69) is 20.4 Å². The van der Waals surface area contributed by atoms with Gasteiger partial charge in [-0.1, -0.05) is 11.6 Å². The summed E-state index contributed by atoms with van der Waals surface area (Å²) in [5.74, 6) is 0.558. The zero-order valence-electron chi connectivity index (χ0n) is 14.2. The molecule has 1 amide bonds. The first-order chi connectivity index (χ1) is 12.4. The normalized spacial score (nSPS) is 17.3. The lowest BCUT2D eigenvalue weighted by atomic mass is 10.2. The molecule has 1 atom stereocenters. The summed E-state index contributed by atoms with van der Waals surface area (Å²) in [6.45, 7) is 2.31. The number of amides is 1. The summed E-state index contributed by atoms with van der Waals surface area (Å²) in [7, 11) is 1.80. The fourth-order valence-electron chi connectivity index (χ4n) is 3.13. The average molecular weight is 375 g/mol. The molecular weight excluding hydrogens is 359 g/mol. The molecule has 4 rings (SSSR count). The zero-order chi connectivity index (χ0) is 18.4. The van der Waals surface area contributed by atoms with Crippen LogP contribution in [0.1, 0.15) is 12.2 Å². The smallest absolute Gasteiger partial charge is 0.249 e. The molecule has 134 valence electrons. The molecule has 1 aromatic carbocycles. The minimum atomic E-state index is -0.507. The van der Waals surface area contributed by atoms with E-state index in [1.807, 2.05) is 0 Å². The Morgan fingerprint density at radius 2 is 2.15 bits per heavy atom. The van der Waals surface area contributed by atoms with E-state index in [0.717, 1.165) is 5.39 Å². The number of carbonyl (C=O) groups is 1. The van der Waals surface area contributed by atoms with Crippen molar-refractivity contribution >= 4 is 40.0 Å². The highest BCUT2D eigenvalue weighted by Crippen LogP contribution is 2.28. The van der Waals surface area contributed by atoms with Gasteiger partial charge in [0.25, 0.3) is 0 Å². The Labute approximate surface area is 153 Å². The van der Waals surface area contributed by atoms with E-state index in [1.54, 1.807) is 35.8 Å². The van der Waals surface area contributed by atoms with E-state index in [-0.39, 0.29) is 10.9 Å². The third-order valence-electron chi connectivity index (χ3n) is 4.44. The standard InChI is InChI=1S/C17H16ClFN6O/c1-9-21-15(11-8-20-24(2)16(11)22-9)23-14-5-6-25(17(14)26)10-3-4-13(19)12(18)7-10/h3-4,7-8,14H,5-6H2,1-2H3,(H,21,22,23). The maximum Gasteiger partial charge on any atom is 0.249 e. The average Bonchev–Trinajstić information content (AvgIpc) is 3.14. The van der Waals surface area contributed by atoms with E-state index >= 15 is 0 Å². The highest BCUT2D eigenvalue weighted by atomic mass is 35.5. The van der Waals surface area contributed by atoms with Gasteiger partial charge >= 0.3 is 0 Å². The summed E-state index contributed by atoms with van der Waals surface area (Å²) in [5.41, 5.74) is 1.28. The van der Waals surface area contributed by atoms with Gasteiger partial charge in [0, 0.05) is 19.3 Å². The Kier molecular flexibility index (Phi) is 3.99. The molecule has 9 heteroatoms. The second-order valence-corrected chi connectivity index (χ2v) is 6.61. The molecule has 7 nitrogen and oxygen atoms in total. The van der Waals surface area contributed by atoms with Crippen molar-refractivity contribution in [3.8, 4) is 0 Å². The summed E-state index contributed by atoms with van der Waals surface area (Å²) in [5, 5.41) is 8.17. The molecule has 0 spiro atoms. The van der Waals surface area contributed by atoms with Gasteiger partial charge in [0.1, 0.15) is 23.5 Å². The summed E-state index contributed by atoms with van der Waals surface area (Å²) >= 11 is 5.84. The maximum atomic E-state index is 13.4. The van der Waals surface area contributed by atoms with E-state index in [1.165, 1.54) is 12.1 Å². The molecule has 1 unspecified atom stereocenters. The number of nitrogens with one attached hydrogen (secondary N) is 1. The highest BCUT2D eigenvalue weighted by molar-refractivity contribution is 6.31. The highest BCUT2D eigenvalue weighted by Gasteiger charge is 2.33. The van der Waals surface area contributed by atoms with Gasteiger partial charge in [-0.2, -0.15) is 5.10 Å². The lowest BCUT2D eigenvalue weighted by Gasteiger charge is -2.18. The summed E-state index contributed by atoms with van der Waals surface area (Å²) in [4.78, 5) is 23.2. The number of hydrogen-bond acceptors (Lipinski definition) is 5. The quantitative estimate of drug-likeness (QED) is 0.762. The van der Waals surface area contributed by atoms with Crippen LogP contribution in [0, 0.1) is 12.7 Å². The molecular formula is C17H16ClFN6O. The van der Waals surface area contributed by atoms with Crippen molar-refractivity contribution in [1.82, 2.24) is 19.7 Å². The number of hydrogen-bond donors (Lipinski definition) is 1. The fraction of sp³-hybridized carbons (Fsp3) is 0.294. The second kappa shape index (κ2) is 6.21. The predicted molar refractivity (Wildman–Crippen MR) is 96.8 cm³/mol. The first-order valence-electron chi connectivity index (χ1n) is 8.13. The number of fused-ring (bicyclic) bond motifs is 1. The Balaban J connectivity index is 1.61. The van der Waals surface area contributed by atoms with Crippen LogP contribution in [0.5, 0.6) is 0 Å². The summed E-state index contributed by atoms with van der Waals surface area (Å²) in [6.07, 6.45) is 2.27. The van der Waals surface area contributed by atoms with Crippen molar-refractivity contribution in [2.75, 3.05) is 16.8 Å². The number of halogens is 2. The van der Waals surface area contributed by atoms with Crippen LogP contribution in [0.15, 0.2) is 24.4 Å². The minimum Gasteiger partial charge on any atom is -0.358 e. The third kappa shape index (κ3) is 2.76. The van der Waals surface area contributed by atoms with Gasteiger partial charge in [0.15, 0.2) is 5.65 Å². The van der Waals surface area contributed by atoms with Crippen molar-refractivity contribution < 1.29 is 9.18 Å². The van der Waals surface area contributed by atoms with Crippen LogP contribution in [0.2, 0.25) is 5.02 Å². The Hall–Kier alpha value is -2.74. The molecule has 1 fully saturated rings. The van der Waals surface area contributed by atoms with Crippen molar-refractivity contribution in [2.24, 2.45) is 7.05 Å². The van der Waals surface area contributed by atoms with E-state index < -0.39 is 11.9 Å². The predicted octanol–water partition coefficient (Wildman–Crippen LogP) is 2.68. The molecule has 0 saturated carbocycles. The van der Waals surface area contributed by atoms with Gasteiger partial charge < -0.3 is 10.2 Å².